The predicted molar refractivity (Wildman–Crippen MR) is 123 cm³/mol. The minimum atomic E-state index is -1.06. The number of pyridine rings is 1. The van der Waals surface area contributed by atoms with Crippen LogP contribution in [0.2, 0.25) is 0 Å². The number of anilines is 1. The van der Waals surface area contributed by atoms with Gasteiger partial charge < -0.3 is 19.7 Å². The Morgan fingerprint density at radius 3 is 2.55 bits per heavy atom. The molecule has 0 unspecified atom stereocenters. The molecule has 0 atom stereocenters. The van der Waals surface area contributed by atoms with E-state index in [2.05, 4.69) is 15.8 Å². The van der Waals surface area contributed by atoms with Crippen LogP contribution in [0.4, 0.5) is 5.69 Å². The van der Waals surface area contributed by atoms with Crippen molar-refractivity contribution in [3.05, 3.63) is 97.5 Å². The summed E-state index contributed by atoms with van der Waals surface area (Å²) in [6.45, 7) is 1.69. The number of carboxylic acid groups (broad SMARTS) is 1. The van der Waals surface area contributed by atoms with Crippen molar-refractivity contribution < 1.29 is 14.6 Å². The van der Waals surface area contributed by atoms with E-state index in [0.717, 1.165) is 5.69 Å². The van der Waals surface area contributed by atoms with Crippen molar-refractivity contribution in [2.24, 2.45) is 0 Å². The molecule has 164 valence electrons. The van der Waals surface area contributed by atoms with Gasteiger partial charge in [0.2, 0.25) is 5.88 Å². The Morgan fingerprint density at radius 1 is 1.12 bits per heavy atom. The van der Waals surface area contributed by atoms with Crippen LogP contribution in [0.3, 0.4) is 0 Å². The summed E-state index contributed by atoms with van der Waals surface area (Å²) in [7, 11) is 1.84. The van der Waals surface area contributed by atoms with Crippen LogP contribution in [0.15, 0.2) is 69.7 Å². The molecule has 4 aromatic rings. The summed E-state index contributed by atoms with van der Waals surface area (Å²) in [6, 6.07) is 13.4. The van der Waals surface area contributed by atoms with Gasteiger partial charge in [0, 0.05) is 7.05 Å². The van der Waals surface area contributed by atoms with Crippen molar-refractivity contribution in [3.8, 4) is 11.4 Å². The SMILES string of the molecule is Cc1c(C=C=C2Oc3ccccc3N2C)c(=O)[nH]c2[nH]n(-c3ccc(C(=O)O)cc3)c(=O)c12. The quantitative estimate of drug-likeness (QED) is 0.420. The summed E-state index contributed by atoms with van der Waals surface area (Å²) in [5.74, 6) is 0.0655. The molecule has 3 N–H and O–H groups in total. The lowest BCUT2D eigenvalue weighted by Gasteiger charge is -2.08. The number of rotatable bonds is 3. The number of carbonyl (C=O) groups is 1. The Bertz CT molecular complexity index is 1620. The van der Waals surface area contributed by atoms with E-state index in [4.69, 9.17) is 9.84 Å². The van der Waals surface area contributed by atoms with Gasteiger partial charge in [0.1, 0.15) is 5.65 Å². The fourth-order valence-electron chi connectivity index (χ4n) is 3.83. The van der Waals surface area contributed by atoms with Gasteiger partial charge in [-0.2, -0.15) is 0 Å². The largest absolute Gasteiger partial charge is 0.478 e. The molecule has 0 saturated heterocycles. The van der Waals surface area contributed by atoms with Crippen LogP contribution in [0, 0.1) is 6.92 Å². The Kier molecular flexibility index (Phi) is 4.54. The van der Waals surface area contributed by atoms with E-state index >= 15 is 0 Å². The van der Waals surface area contributed by atoms with Gasteiger partial charge >= 0.3 is 5.97 Å². The Hall–Kier alpha value is -4.75. The number of nitrogens with zero attached hydrogens (tertiary/aromatic N) is 2. The van der Waals surface area contributed by atoms with Gasteiger partial charge in [-0.3, -0.25) is 14.7 Å². The molecule has 2 aromatic carbocycles. The third kappa shape index (κ3) is 3.24. The summed E-state index contributed by atoms with van der Waals surface area (Å²) >= 11 is 0. The lowest BCUT2D eigenvalue weighted by Crippen LogP contribution is -2.16. The third-order valence-electron chi connectivity index (χ3n) is 5.60. The molecular formula is C24H18N4O5. The van der Waals surface area contributed by atoms with Gasteiger partial charge in [-0.05, 0) is 55.0 Å². The summed E-state index contributed by atoms with van der Waals surface area (Å²) in [4.78, 5) is 41.5. The first-order valence-electron chi connectivity index (χ1n) is 10.0. The number of benzene rings is 2. The van der Waals surface area contributed by atoms with Gasteiger partial charge in [0.25, 0.3) is 11.1 Å². The van der Waals surface area contributed by atoms with Crippen molar-refractivity contribution in [2.45, 2.75) is 6.92 Å². The van der Waals surface area contributed by atoms with Crippen LogP contribution in [0.5, 0.6) is 5.75 Å². The maximum Gasteiger partial charge on any atom is 0.335 e. The second kappa shape index (κ2) is 7.44. The number of aromatic nitrogens is 3. The molecule has 9 nitrogen and oxygen atoms in total. The number of ether oxygens (including phenoxy) is 1. The van der Waals surface area contributed by atoms with Crippen LogP contribution >= 0.6 is 0 Å². The van der Waals surface area contributed by atoms with Crippen LogP contribution in [-0.4, -0.2) is 32.9 Å². The molecule has 33 heavy (non-hydrogen) atoms. The van der Waals surface area contributed by atoms with Gasteiger partial charge in [0.05, 0.1) is 27.9 Å². The molecule has 0 fully saturated rings. The fourth-order valence-corrected chi connectivity index (χ4v) is 3.83. The first-order chi connectivity index (χ1) is 15.8. The number of aromatic carboxylic acids is 1. The fraction of sp³-hybridized carbons (Fsp3) is 0.0833. The lowest BCUT2D eigenvalue weighted by atomic mass is 10.1. The Balaban J connectivity index is 1.60. The zero-order chi connectivity index (χ0) is 23.3. The van der Waals surface area contributed by atoms with E-state index in [-0.39, 0.29) is 27.9 Å². The number of carboxylic acids is 1. The van der Waals surface area contributed by atoms with Gasteiger partial charge in [-0.1, -0.05) is 17.9 Å². The van der Waals surface area contributed by atoms with Crippen molar-refractivity contribution in [2.75, 3.05) is 11.9 Å². The smallest absolute Gasteiger partial charge is 0.335 e. The van der Waals surface area contributed by atoms with Crippen molar-refractivity contribution in [1.82, 2.24) is 14.8 Å². The Labute approximate surface area is 186 Å². The molecule has 0 amide bonds. The molecule has 3 heterocycles. The summed E-state index contributed by atoms with van der Waals surface area (Å²) < 4.78 is 7.05. The van der Waals surface area contributed by atoms with E-state index < -0.39 is 5.97 Å². The van der Waals surface area contributed by atoms with Crippen molar-refractivity contribution >= 4 is 28.8 Å². The van der Waals surface area contributed by atoms with Crippen LogP contribution in [-0.2, 0) is 0 Å². The van der Waals surface area contributed by atoms with E-state index in [1.165, 1.54) is 35.0 Å². The number of fused-ring (bicyclic) bond motifs is 2. The molecule has 0 saturated carbocycles. The van der Waals surface area contributed by atoms with Gasteiger partial charge in [0.15, 0.2) is 5.75 Å². The molecule has 0 aliphatic carbocycles. The molecule has 9 heteroatoms. The van der Waals surface area contributed by atoms with Crippen molar-refractivity contribution in [3.63, 3.8) is 0 Å². The number of aryl methyl sites for hydroxylation is 1. The lowest BCUT2D eigenvalue weighted by molar-refractivity contribution is 0.0697. The highest BCUT2D eigenvalue weighted by Gasteiger charge is 2.22. The zero-order valence-corrected chi connectivity index (χ0v) is 17.7. The predicted octanol–water partition coefficient (Wildman–Crippen LogP) is 3.00. The topological polar surface area (TPSA) is 120 Å². The molecule has 0 radical (unpaired) electrons. The van der Waals surface area contributed by atoms with Crippen LogP contribution < -0.4 is 20.8 Å². The maximum absolute atomic E-state index is 13.1. The minimum Gasteiger partial charge on any atom is -0.478 e. The normalized spacial score (nSPS) is 12.4. The highest BCUT2D eigenvalue weighted by molar-refractivity contribution is 5.88. The highest BCUT2D eigenvalue weighted by atomic mass is 16.5. The highest BCUT2D eigenvalue weighted by Crippen LogP contribution is 2.36. The molecule has 1 aliphatic heterocycles. The van der Waals surface area contributed by atoms with Crippen LogP contribution in [0.25, 0.3) is 22.8 Å². The van der Waals surface area contributed by atoms with Gasteiger partial charge in [-0.15, -0.1) is 0 Å². The Morgan fingerprint density at radius 2 is 1.85 bits per heavy atom. The molecule has 5 rings (SSSR count). The standard InChI is InChI=1S/C24H18N4O5/c1-13-16(11-12-19-27(2)17-5-3-4-6-18(17)33-19)22(29)25-21-20(13)23(30)28(26-21)15-9-7-14(8-10-15)24(31)32/h3-11H,1-2H3,(H,31,32)(H2,25,26,29). The zero-order valence-electron chi connectivity index (χ0n) is 17.7. The third-order valence-corrected chi connectivity index (χ3v) is 5.60. The number of hydrogen-bond acceptors (Lipinski definition) is 5. The average Bonchev–Trinajstić information content (AvgIpc) is 3.30. The number of nitrogens with one attached hydrogen (secondary N) is 2. The summed E-state index contributed by atoms with van der Waals surface area (Å²) in [6.07, 6.45) is 1.50. The number of H-pyrrole nitrogens is 2. The minimum absolute atomic E-state index is 0.106. The second-order valence-corrected chi connectivity index (χ2v) is 7.57. The first kappa shape index (κ1) is 20.2. The summed E-state index contributed by atoms with van der Waals surface area (Å²) in [5, 5.41) is 12.3. The number of para-hydroxylation sites is 2. The molecule has 1 aliphatic rings. The monoisotopic (exact) mass is 442 g/mol. The summed E-state index contributed by atoms with van der Waals surface area (Å²) in [5.41, 5.74) is 4.74. The van der Waals surface area contributed by atoms with E-state index in [0.29, 0.717) is 28.3 Å². The van der Waals surface area contributed by atoms with Crippen LogP contribution in [0.1, 0.15) is 21.5 Å². The van der Waals surface area contributed by atoms with Gasteiger partial charge in [-0.25, -0.2) is 9.48 Å². The molecule has 0 spiro atoms. The first-order valence-corrected chi connectivity index (χ1v) is 10.0. The van der Waals surface area contributed by atoms with Crippen molar-refractivity contribution in [1.29, 1.82) is 0 Å². The van der Waals surface area contributed by atoms with E-state index in [1.54, 1.807) is 6.92 Å². The second-order valence-electron chi connectivity index (χ2n) is 7.57. The molecule has 2 aromatic heterocycles. The average molecular weight is 442 g/mol. The van der Waals surface area contributed by atoms with E-state index in [1.807, 2.05) is 36.2 Å². The number of aromatic amines is 2. The van der Waals surface area contributed by atoms with E-state index in [9.17, 15) is 14.4 Å². The molecule has 0 bridgehead atoms. The number of hydrogen-bond donors (Lipinski definition) is 3. The molecular weight excluding hydrogens is 424 g/mol. The maximum atomic E-state index is 13.1.